The number of nitrogens with one attached hydrogen (secondary N) is 1. The SMILES string of the molecule is CCn1cc(C2(C)C3CNCC3CN2C(=O)O)cn1. The first kappa shape index (κ1) is 12.5. The first-order valence-electron chi connectivity index (χ1n) is 6.81. The van der Waals surface area contributed by atoms with Gasteiger partial charge in [0.2, 0.25) is 0 Å². The van der Waals surface area contributed by atoms with Crippen LogP contribution in [0.1, 0.15) is 19.4 Å². The van der Waals surface area contributed by atoms with Crippen LogP contribution in [0.15, 0.2) is 12.4 Å². The summed E-state index contributed by atoms with van der Waals surface area (Å²) in [5.74, 6) is 0.740. The smallest absolute Gasteiger partial charge is 0.408 e. The highest BCUT2D eigenvalue weighted by atomic mass is 16.4. The number of hydrogen-bond acceptors (Lipinski definition) is 3. The summed E-state index contributed by atoms with van der Waals surface area (Å²) in [6.45, 7) is 7.27. The molecule has 0 aromatic carbocycles. The van der Waals surface area contributed by atoms with Crippen LogP contribution in [-0.4, -0.2) is 45.5 Å². The average molecular weight is 264 g/mol. The van der Waals surface area contributed by atoms with Crippen molar-refractivity contribution in [2.24, 2.45) is 11.8 Å². The molecule has 6 heteroatoms. The molecule has 2 aliphatic rings. The second kappa shape index (κ2) is 4.23. The van der Waals surface area contributed by atoms with Gasteiger partial charge in [-0.3, -0.25) is 9.58 Å². The summed E-state index contributed by atoms with van der Waals surface area (Å²) >= 11 is 0. The fourth-order valence-electron chi connectivity index (χ4n) is 3.65. The van der Waals surface area contributed by atoms with Gasteiger partial charge in [0.1, 0.15) is 0 Å². The van der Waals surface area contributed by atoms with Crippen molar-refractivity contribution in [1.82, 2.24) is 20.0 Å². The highest BCUT2D eigenvalue weighted by molar-refractivity contribution is 5.67. The van der Waals surface area contributed by atoms with Gasteiger partial charge in [-0.25, -0.2) is 4.79 Å². The molecule has 3 atom stereocenters. The molecule has 0 aliphatic carbocycles. The number of likely N-dealkylation sites (tertiary alicyclic amines) is 1. The minimum Gasteiger partial charge on any atom is -0.465 e. The summed E-state index contributed by atoms with van der Waals surface area (Å²) in [7, 11) is 0. The van der Waals surface area contributed by atoms with Crippen molar-refractivity contribution in [3.8, 4) is 0 Å². The molecule has 0 saturated carbocycles. The van der Waals surface area contributed by atoms with Crippen LogP contribution in [0.4, 0.5) is 4.79 Å². The van der Waals surface area contributed by atoms with Crippen molar-refractivity contribution in [2.75, 3.05) is 19.6 Å². The zero-order chi connectivity index (χ0) is 13.6. The average Bonchev–Trinajstić information content (AvgIpc) is 3.06. The Kier molecular flexibility index (Phi) is 2.78. The van der Waals surface area contributed by atoms with E-state index < -0.39 is 11.6 Å². The molecular weight excluding hydrogens is 244 g/mol. The van der Waals surface area contributed by atoms with Gasteiger partial charge in [-0.05, 0) is 19.8 Å². The van der Waals surface area contributed by atoms with E-state index in [1.807, 2.05) is 30.9 Å². The zero-order valence-corrected chi connectivity index (χ0v) is 11.3. The second-order valence-electron chi connectivity index (χ2n) is 5.65. The predicted molar refractivity (Wildman–Crippen MR) is 69.8 cm³/mol. The van der Waals surface area contributed by atoms with E-state index in [1.54, 1.807) is 4.90 Å². The summed E-state index contributed by atoms with van der Waals surface area (Å²) in [4.78, 5) is 13.2. The molecule has 0 spiro atoms. The number of carbonyl (C=O) groups is 1. The van der Waals surface area contributed by atoms with E-state index in [2.05, 4.69) is 10.4 Å². The summed E-state index contributed by atoms with van der Waals surface area (Å²) < 4.78 is 1.86. The summed E-state index contributed by atoms with van der Waals surface area (Å²) in [5, 5.41) is 17.2. The number of fused-ring (bicyclic) bond motifs is 1. The lowest BCUT2D eigenvalue weighted by molar-refractivity contribution is 0.0930. The lowest BCUT2D eigenvalue weighted by Crippen LogP contribution is -2.46. The Bertz CT molecular complexity index is 501. The molecule has 3 rings (SSSR count). The van der Waals surface area contributed by atoms with Crippen molar-refractivity contribution >= 4 is 6.09 Å². The Labute approximate surface area is 112 Å². The van der Waals surface area contributed by atoms with Crippen LogP contribution in [0.25, 0.3) is 0 Å². The van der Waals surface area contributed by atoms with Crippen LogP contribution in [0, 0.1) is 11.8 Å². The maximum absolute atomic E-state index is 11.6. The lowest BCUT2D eigenvalue weighted by atomic mass is 9.79. The predicted octanol–water partition coefficient (Wildman–Crippen LogP) is 0.947. The van der Waals surface area contributed by atoms with Gasteiger partial charge in [-0.15, -0.1) is 0 Å². The van der Waals surface area contributed by atoms with E-state index in [9.17, 15) is 9.90 Å². The van der Waals surface area contributed by atoms with Crippen LogP contribution in [0.3, 0.4) is 0 Å². The number of amides is 1. The van der Waals surface area contributed by atoms with Crippen molar-refractivity contribution < 1.29 is 9.90 Å². The second-order valence-corrected chi connectivity index (χ2v) is 5.65. The molecule has 19 heavy (non-hydrogen) atoms. The molecule has 3 unspecified atom stereocenters. The molecular formula is C13H20N4O2. The Morgan fingerprint density at radius 3 is 3.05 bits per heavy atom. The van der Waals surface area contributed by atoms with Gasteiger partial charge in [0, 0.05) is 43.9 Å². The van der Waals surface area contributed by atoms with Gasteiger partial charge in [0.15, 0.2) is 0 Å². The third kappa shape index (κ3) is 1.66. The van der Waals surface area contributed by atoms with Gasteiger partial charge >= 0.3 is 6.09 Å². The van der Waals surface area contributed by atoms with Crippen LogP contribution >= 0.6 is 0 Å². The standard InChI is InChI=1S/C13H20N4O2/c1-3-16-8-10(5-15-16)13(2)11-6-14-4-9(11)7-17(13)12(18)19/h5,8-9,11,14H,3-4,6-7H2,1-2H3,(H,18,19). The van der Waals surface area contributed by atoms with E-state index in [0.29, 0.717) is 18.4 Å². The molecule has 2 fully saturated rings. The van der Waals surface area contributed by atoms with Gasteiger partial charge in [0.25, 0.3) is 0 Å². The minimum absolute atomic E-state index is 0.332. The van der Waals surface area contributed by atoms with E-state index in [0.717, 1.165) is 25.2 Å². The first-order valence-corrected chi connectivity index (χ1v) is 6.81. The molecule has 2 aliphatic heterocycles. The fourth-order valence-corrected chi connectivity index (χ4v) is 3.65. The van der Waals surface area contributed by atoms with Gasteiger partial charge in [-0.2, -0.15) is 5.10 Å². The maximum Gasteiger partial charge on any atom is 0.408 e. The molecule has 3 heterocycles. The third-order valence-electron chi connectivity index (χ3n) is 4.81. The van der Waals surface area contributed by atoms with Gasteiger partial charge in [-0.1, -0.05) is 0 Å². The van der Waals surface area contributed by atoms with Crippen molar-refractivity contribution in [1.29, 1.82) is 0 Å². The molecule has 1 aromatic heterocycles. The molecule has 1 amide bonds. The van der Waals surface area contributed by atoms with E-state index in [-0.39, 0.29) is 0 Å². The molecule has 2 saturated heterocycles. The quantitative estimate of drug-likeness (QED) is 0.834. The topological polar surface area (TPSA) is 70.4 Å². The van der Waals surface area contributed by atoms with Crippen LogP contribution in [-0.2, 0) is 12.1 Å². The van der Waals surface area contributed by atoms with Gasteiger partial charge in [0.05, 0.1) is 11.7 Å². The van der Waals surface area contributed by atoms with Crippen molar-refractivity contribution in [3.05, 3.63) is 18.0 Å². The maximum atomic E-state index is 11.6. The fraction of sp³-hybridized carbons (Fsp3) is 0.692. The first-order chi connectivity index (χ1) is 9.07. The van der Waals surface area contributed by atoms with E-state index >= 15 is 0 Å². The van der Waals surface area contributed by atoms with Crippen LogP contribution < -0.4 is 5.32 Å². The summed E-state index contributed by atoms with van der Waals surface area (Å²) in [6, 6.07) is 0. The van der Waals surface area contributed by atoms with Crippen molar-refractivity contribution in [2.45, 2.75) is 25.9 Å². The highest BCUT2D eigenvalue weighted by Gasteiger charge is 2.55. The zero-order valence-electron chi connectivity index (χ0n) is 11.3. The molecule has 1 aromatic rings. The molecule has 2 N–H and O–H groups in total. The summed E-state index contributed by atoms with van der Waals surface area (Å²) in [5.41, 5.74) is 0.543. The number of nitrogens with zero attached hydrogens (tertiary/aromatic N) is 3. The number of hydrogen-bond donors (Lipinski definition) is 2. The highest BCUT2D eigenvalue weighted by Crippen LogP contribution is 2.47. The monoisotopic (exact) mass is 264 g/mol. The van der Waals surface area contributed by atoms with Crippen LogP contribution in [0.5, 0.6) is 0 Å². The number of rotatable bonds is 2. The molecule has 0 bridgehead atoms. The number of carboxylic acid groups (broad SMARTS) is 1. The Morgan fingerprint density at radius 2 is 2.42 bits per heavy atom. The Morgan fingerprint density at radius 1 is 1.63 bits per heavy atom. The van der Waals surface area contributed by atoms with E-state index in [4.69, 9.17) is 0 Å². The number of aryl methyl sites for hydroxylation is 1. The summed E-state index contributed by atoms with van der Waals surface area (Å²) in [6.07, 6.45) is 2.97. The molecule has 6 nitrogen and oxygen atoms in total. The van der Waals surface area contributed by atoms with Crippen molar-refractivity contribution in [3.63, 3.8) is 0 Å². The normalized spacial score (nSPS) is 33.7. The van der Waals surface area contributed by atoms with Gasteiger partial charge < -0.3 is 10.4 Å². The van der Waals surface area contributed by atoms with E-state index in [1.165, 1.54) is 0 Å². The minimum atomic E-state index is -0.832. The molecule has 104 valence electrons. The largest absolute Gasteiger partial charge is 0.465 e. The Hall–Kier alpha value is -1.56. The molecule has 0 radical (unpaired) electrons. The van der Waals surface area contributed by atoms with Crippen LogP contribution in [0.2, 0.25) is 0 Å². The Balaban J connectivity index is 2.03. The number of aromatic nitrogens is 2. The third-order valence-corrected chi connectivity index (χ3v) is 4.81. The lowest BCUT2D eigenvalue weighted by Gasteiger charge is -2.36.